The second-order valence-corrected chi connectivity index (χ2v) is 6.92. The zero-order valence-electron chi connectivity index (χ0n) is 12.5. The number of rotatable bonds is 6. The number of halogens is 1. The molecule has 1 aromatic rings. The summed E-state index contributed by atoms with van der Waals surface area (Å²) in [6.45, 7) is 5.28. The van der Waals surface area contributed by atoms with Gasteiger partial charge in [-0.05, 0) is 37.0 Å². The quantitative estimate of drug-likeness (QED) is 0.815. The highest BCUT2D eigenvalue weighted by Gasteiger charge is 2.28. The average Bonchev–Trinajstić information content (AvgIpc) is 2.38. The lowest BCUT2D eigenvalue weighted by atomic mass is 10.1. The minimum atomic E-state index is -4.00. The van der Waals surface area contributed by atoms with Crippen LogP contribution in [0.3, 0.4) is 0 Å². The van der Waals surface area contributed by atoms with E-state index in [1.54, 1.807) is 6.92 Å². The molecule has 1 N–H and O–H groups in total. The molecule has 0 bridgehead atoms. The smallest absolute Gasteiger partial charge is 0.323 e. The third kappa shape index (κ3) is 4.78. The molecular formula is C14H20FNO4S. The van der Waals surface area contributed by atoms with Crippen LogP contribution in [-0.4, -0.2) is 27.5 Å². The first-order chi connectivity index (χ1) is 9.67. The Hall–Kier alpha value is -1.47. The predicted molar refractivity (Wildman–Crippen MR) is 76.7 cm³/mol. The van der Waals surface area contributed by atoms with Crippen LogP contribution in [0.1, 0.15) is 25.8 Å². The molecule has 0 saturated heterocycles. The maximum atomic E-state index is 13.3. The highest BCUT2D eigenvalue weighted by atomic mass is 32.2. The summed E-state index contributed by atoms with van der Waals surface area (Å²) in [6, 6.07) is 2.49. The average molecular weight is 317 g/mol. The fourth-order valence-corrected chi connectivity index (χ4v) is 3.37. The first-order valence-corrected chi connectivity index (χ1v) is 8.02. The number of methoxy groups -OCH3 is 1. The number of carbonyl (C=O) groups is 1. The number of hydrogen-bond acceptors (Lipinski definition) is 4. The Labute approximate surface area is 124 Å². The van der Waals surface area contributed by atoms with E-state index < -0.39 is 27.9 Å². The molecule has 1 atom stereocenters. The van der Waals surface area contributed by atoms with Gasteiger partial charge in [-0.3, -0.25) is 4.79 Å². The molecule has 1 unspecified atom stereocenters. The Morgan fingerprint density at radius 2 is 2.00 bits per heavy atom. The monoisotopic (exact) mass is 317 g/mol. The third-order valence-electron chi connectivity index (χ3n) is 2.93. The highest BCUT2D eigenvalue weighted by molar-refractivity contribution is 7.89. The number of esters is 1. The third-order valence-corrected chi connectivity index (χ3v) is 4.54. The molecular weight excluding hydrogens is 297 g/mol. The maximum Gasteiger partial charge on any atom is 0.323 e. The van der Waals surface area contributed by atoms with Gasteiger partial charge in [0.1, 0.15) is 11.9 Å². The zero-order chi connectivity index (χ0) is 16.2. The molecule has 1 rings (SSSR count). The fourth-order valence-electron chi connectivity index (χ4n) is 1.92. The summed E-state index contributed by atoms with van der Waals surface area (Å²) in [5.41, 5.74) is 0.400. The lowest BCUT2D eigenvalue weighted by molar-refractivity contribution is -0.143. The van der Waals surface area contributed by atoms with E-state index in [-0.39, 0.29) is 10.8 Å². The number of benzene rings is 1. The molecule has 0 aromatic heterocycles. The van der Waals surface area contributed by atoms with E-state index in [9.17, 15) is 17.6 Å². The summed E-state index contributed by atoms with van der Waals surface area (Å²) in [4.78, 5) is 11.5. The van der Waals surface area contributed by atoms with Gasteiger partial charge < -0.3 is 4.74 Å². The molecule has 0 aliphatic carbocycles. The number of sulfonamides is 1. The Bertz CT molecular complexity index is 613. The summed E-state index contributed by atoms with van der Waals surface area (Å²) in [5, 5.41) is 0. The van der Waals surface area contributed by atoms with Gasteiger partial charge in [0.2, 0.25) is 10.0 Å². The first kappa shape index (κ1) is 17.6. The van der Waals surface area contributed by atoms with Gasteiger partial charge in [-0.1, -0.05) is 19.9 Å². The summed E-state index contributed by atoms with van der Waals surface area (Å²) in [6.07, 6.45) is 0.292. The first-order valence-electron chi connectivity index (χ1n) is 6.53. The van der Waals surface area contributed by atoms with Crippen LogP contribution in [0.2, 0.25) is 0 Å². The zero-order valence-corrected chi connectivity index (χ0v) is 13.3. The van der Waals surface area contributed by atoms with Gasteiger partial charge in [-0.15, -0.1) is 0 Å². The van der Waals surface area contributed by atoms with Gasteiger partial charge in [-0.2, -0.15) is 4.72 Å². The number of carbonyl (C=O) groups excluding carboxylic acids is 1. The van der Waals surface area contributed by atoms with Crippen molar-refractivity contribution < 1.29 is 22.3 Å². The van der Waals surface area contributed by atoms with Gasteiger partial charge in [0.05, 0.1) is 12.0 Å². The van der Waals surface area contributed by atoms with Gasteiger partial charge in [0.25, 0.3) is 0 Å². The lowest BCUT2D eigenvalue weighted by Crippen LogP contribution is -2.42. The van der Waals surface area contributed by atoms with E-state index >= 15 is 0 Å². The number of ether oxygens (including phenoxy) is 1. The van der Waals surface area contributed by atoms with Crippen LogP contribution in [0.4, 0.5) is 4.39 Å². The lowest BCUT2D eigenvalue weighted by Gasteiger charge is -2.19. The summed E-state index contributed by atoms with van der Waals surface area (Å²) in [7, 11) is -2.81. The van der Waals surface area contributed by atoms with E-state index in [0.29, 0.717) is 12.0 Å². The van der Waals surface area contributed by atoms with Crippen LogP contribution >= 0.6 is 0 Å². The predicted octanol–water partition coefficient (Wildman–Crippen LogP) is 2.00. The second-order valence-electron chi connectivity index (χ2n) is 5.24. The standard InChI is InChI=1S/C14H20FNO4S/c1-9(2)7-12(14(17)20-4)16-21(18,19)13-8-11(15)6-5-10(13)3/h5-6,8-9,12,16H,7H2,1-4H3. The Morgan fingerprint density at radius 1 is 1.38 bits per heavy atom. The van der Waals surface area contributed by atoms with Crippen LogP contribution in [0.15, 0.2) is 23.1 Å². The largest absolute Gasteiger partial charge is 0.468 e. The molecule has 5 nitrogen and oxygen atoms in total. The van der Waals surface area contributed by atoms with Gasteiger partial charge in [0, 0.05) is 0 Å². The fraction of sp³-hybridized carbons (Fsp3) is 0.500. The second kappa shape index (κ2) is 7.00. The Kier molecular flexibility index (Phi) is 5.86. The number of nitrogens with one attached hydrogen (secondary N) is 1. The highest BCUT2D eigenvalue weighted by Crippen LogP contribution is 2.18. The van der Waals surface area contributed by atoms with Gasteiger partial charge in [0.15, 0.2) is 0 Å². The molecule has 0 heterocycles. The topological polar surface area (TPSA) is 72.5 Å². The molecule has 7 heteroatoms. The summed E-state index contributed by atoms with van der Waals surface area (Å²) >= 11 is 0. The normalized spacial score (nSPS) is 13.2. The van der Waals surface area contributed by atoms with Crippen molar-refractivity contribution in [3.63, 3.8) is 0 Å². The van der Waals surface area contributed by atoms with E-state index in [1.165, 1.54) is 19.2 Å². The van der Waals surface area contributed by atoms with Crippen molar-refractivity contribution in [3.05, 3.63) is 29.6 Å². The Morgan fingerprint density at radius 3 is 2.52 bits per heavy atom. The summed E-state index contributed by atoms with van der Waals surface area (Å²) < 4.78 is 44.8. The van der Waals surface area contributed by atoms with Crippen molar-refractivity contribution in [2.45, 2.75) is 38.1 Å². The van der Waals surface area contributed by atoms with E-state index in [1.807, 2.05) is 13.8 Å². The van der Waals surface area contributed by atoms with E-state index in [4.69, 9.17) is 0 Å². The SMILES string of the molecule is COC(=O)C(CC(C)C)NS(=O)(=O)c1cc(F)ccc1C. The van der Waals surface area contributed by atoms with Crippen molar-refractivity contribution in [2.24, 2.45) is 5.92 Å². The minimum Gasteiger partial charge on any atom is -0.468 e. The van der Waals surface area contributed by atoms with Crippen molar-refractivity contribution in [1.29, 1.82) is 0 Å². The van der Waals surface area contributed by atoms with E-state index in [0.717, 1.165) is 6.07 Å². The van der Waals surface area contributed by atoms with E-state index in [2.05, 4.69) is 9.46 Å². The maximum absolute atomic E-state index is 13.3. The van der Waals surface area contributed by atoms with Gasteiger partial charge >= 0.3 is 5.97 Å². The van der Waals surface area contributed by atoms with Crippen LogP contribution in [0.5, 0.6) is 0 Å². The molecule has 0 radical (unpaired) electrons. The Balaban J connectivity index is 3.11. The molecule has 0 spiro atoms. The molecule has 21 heavy (non-hydrogen) atoms. The summed E-state index contributed by atoms with van der Waals surface area (Å²) in [5.74, 6) is -1.23. The number of aryl methyl sites for hydroxylation is 1. The number of hydrogen-bond donors (Lipinski definition) is 1. The van der Waals surface area contributed by atoms with Crippen LogP contribution in [-0.2, 0) is 19.6 Å². The molecule has 0 fully saturated rings. The molecule has 0 amide bonds. The van der Waals surface area contributed by atoms with Crippen LogP contribution in [0, 0.1) is 18.7 Å². The van der Waals surface area contributed by atoms with Crippen molar-refractivity contribution >= 4 is 16.0 Å². The van der Waals surface area contributed by atoms with Gasteiger partial charge in [-0.25, -0.2) is 12.8 Å². The molecule has 118 valence electrons. The van der Waals surface area contributed by atoms with Crippen LogP contribution in [0.25, 0.3) is 0 Å². The van der Waals surface area contributed by atoms with Crippen LogP contribution < -0.4 is 4.72 Å². The van der Waals surface area contributed by atoms with Crippen molar-refractivity contribution in [2.75, 3.05) is 7.11 Å². The molecule has 0 aliphatic rings. The van der Waals surface area contributed by atoms with Crippen molar-refractivity contribution in [1.82, 2.24) is 4.72 Å². The molecule has 0 saturated carbocycles. The molecule has 0 aliphatic heterocycles. The minimum absolute atomic E-state index is 0.0883. The molecule has 1 aromatic carbocycles. The van der Waals surface area contributed by atoms with Crippen molar-refractivity contribution in [3.8, 4) is 0 Å².